The number of aryl methyl sites for hydroxylation is 1. The number of furan rings is 1. The average molecular weight is 338 g/mol. The summed E-state index contributed by atoms with van der Waals surface area (Å²) in [5, 5.41) is 13.4. The standard InChI is InChI=1S/C17H20ClNO4/c1-11-6-7-13(18)14(9-11)23-12(2)16(20)19-10-17(3,21)15-5-4-8-22-15/h4-9,12,21H,10H2,1-3H3,(H,19,20). The molecule has 0 saturated heterocycles. The average Bonchev–Trinajstić information content (AvgIpc) is 3.03. The van der Waals surface area contributed by atoms with E-state index in [2.05, 4.69) is 5.32 Å². The molecule has 124 valence electrons. The first kappa shape index (κ1) is 17.4. The second-order valence-electron chi connectivity index (χ2n) is 5.66. The molecule has 6 heteroatoms. The highest BCUT2D eigenvalue weighted by Crippen LogP contribution is 2.26. The van der Waals surface area contributed by atoms with Crippen molar-refractivity contribution in [3.63, 3.8) is 0 Å². The van der Waals surface area contributed by atoms with Gasteiger partial charge in [-0.3, -0.25) is 4.79 Å². The van der Waals surface area contributed by atoms with Gasteiger partial charge in [-0.25, -0.2) is 0 Å². The predicted molar refractivity (Wildman–Crippen MR) is 87.6 cm³/mol. The van der Waals surface area contributed by atoms with Crippen molar-refractivity contribution in [3.8, 4) is 5.75 Å². The maximum Gasteiger partial charge on any atom is 0.260 e. The topological polar surface area (TPSA) is 71.7 Å². The number of benzene rings is 1. The molecule has 0 aliphatic carbocycles. The summed E-state index contributed by atoms with van der Waals surface area (Å²) in [4.78, 5) is 12.1. The fourth-order valence-electron chi connectivity index (χ4n) is 2.02. The highest BCUT2D eigenvalue weighted by molar-refractivity contribution is 6.32. The van der Waals surface area contributed by atoms with Crippen molar-refractivity contribution in [2.45, 2.75) is 32.5 Å². The fraction of sp³-hybridized carbons (Fsp3) is 0.353. The second kappa shape index (κ2) is 7.06. The van der Waals surface area contributed by atoms with Crippen molar-refractivity contribution >= 4 is 17.5 Å². The van der Waals surface area contributed by atoms with E-state index < -0.39 is 11.7 Å². The lowest BCUT2D eigenvalue weighted by Crippen LogP contribution is -2.43. The number of hydrogen-bond donors (Lipinski definition) is 2. The van der Waals surface area contributed by atoms with Gasteiger partial charge in [-0.15, -0.1) is 0 Å². The molecule has 2 atom stereocenters. The fourth-order valence-corrected chi connectivity index (χ4v) is 2.18. The lowest BCUT2D eigenvalue weighted by atomic mass is 10.0. The molecule has 2 aromatic rings. The molecule has 0 fully saturated rings. The van der Waals surface area contributed by atoms with Crippen LogP contribution in [0.5, 0.6) is 5.75 Å². The quantitative estimate of drug-likeness (QED) is 0.850. The summed E-state index contributed by atoms with van der Waals surface area (Å²) in [5.41, 5.74) is -0.308. The molecule has 0 aliphatic rings. The van der Waals surface area contributed by atoms with Gasteiger partial charge in [-0.2, -0.15) is 0 Å². The van der Waals surface area contributed by atoms with Crippen LogP contribution in [0.25, 0.3) is 0 Å². The summed E-state index contributed by atoms with van der Waals surface area (Å²) in [7, 11) is 0. The maximum atomic E-state index is 12.1. The van der Waals surface area contributed by atoms with Gasteiger partial charge < -0.3 is 19.6 Å². The summed E-state index contributed by atoms with van der Waals surface area (Å²) in [5.74, 6) is 0.481. The zero-order chi connectivity index (χ0) is 17.0. The maximum absolute atomic E-state index is 12.1. The van der Waals surface area contributed by atoms with E-state index in [4.69, 9.17) is 20.8 Å². The zero-order valence-corrected chi connectivity index (χ0v) is 14.1. The smallest absolute Gasteiger partial charge is 0.260 e. The summed E-state index contributed by atoms with van der Waals surface area (Å²) in [6.07, 6.45) is 0.721. The van der Waals surface area contributed by atoms with Crippen LogP contribution in [-0.2, 0) is 10.4 Å². The molecule has 5 nitrogen and oxygen atoms in total. The van der Waals surface area contributed by atoms with E-state index >= 15 is 0 Å². The lowest BCUT2D eigenvalue weighted by molar-refractivity contribution is -0.128. The van der Waals surface area contributed by atoms with Crippen LogP contribution >= 0.6 is 11.6 Å². The van der Waals surface area contributed by atoms with Gasteiger partial charge in [0.15, 0.2) is 6.10 Å². The largest absolute Gasteiger partial charge is 0.479 e. The third kappa shape index (κ3) is 4.50. The van der Waals surface area contributed by atoms with Gasteiger partial charge in [-0.05, 0) is 50.6 Å². The first-order valence-corrected chi connectivity index (χ1v) is 7.64. The number of carbonyl (C=O) groups is 1. The highest BCUT2D eigenvalue weighted by atomic mass is 35.5. The van der Waals surface area contributed by atoms with Crippen LogP contribution in [0.15, 0.2) is 41.0 Å². The third-order valence-electron chi connectivity index (χ3n) is 3.42. The van der Waals surface area contributed by atoms with E-state index in [1.54, 1.807) is 38.1 Å². The van der Waals surface area contributed by atoms with Gasteiger partial charge in [-0.1, -0.05) is 17.7 Å². The van der Waals surface area contributed by atoms with E-state index in [1.165, 1.54) is 6.26 Å². The van der Waals surface area contributed by atoms with E-state index in [9.17, 15) is 9.90 Å². The molecule has 0 aliphatic heterocycles. The first-order chi connectivity index (χ1) is 10.8. The summed E-state index contributed by atoms with van der Waals surface area (Å²) >= 11 is 6.05. The van der Waals surface area contributed by atoms with Gasteiger partial charge in [0.25, 0.3) is 5.91 Å². The van der Waals surface area contributed by atoms with Crippen LogP contribution in [0, 0.1) is 6.92 Å². The Morgan fingerprint density at radius 3 is 2.87 bits per heavy atom. The molecule has 0 spiro atoms. The Hall–Kier alpha value is -1.98. The number of halogens is 1. The molecule has 0 radical (unpaired) electrons. The number of nitrogens with one attached hydrogen (secondary N) is 1. The van der Waals surface area contributed by atoms with Crippen LogP contribution in [0.1, 0.15) is 25.2 Å². The van der Waals surface area contributed by atoms with E-state index in [0.29, 0.717) is 16.5 Å². The predicted octanol–water partition coefficient (Wildman–Crippen LogP) is 3.03. The van der Waals surface area contributed by atoms with Crippen LogP contribution in [0.2, 0.25) is 5.02 Å². The van der Waals surface area contributed by atoms with Crippen molar-refractivity contribution < 1.29 is 19.1 Å². The molecule has 2 N–H and O–H groups in total. The van der Waals surface area contributed by atoms with Gasteiger partial charge in [0, 0.05) is 0 Å². The number of aliphatic hydroxyl groups is 1. The minimum atomic E-state index is -1.29. The van der Waals surface area contributed by atoms with Crippen LogP contribution in [-0.4, -0.2) is 23.7 Å². The van der Waals surface area contributed by atoms with Gasteiger partial charge in [0.1, 0.15) is 17.1 Å². The number of ether oxygens (including phenoxy) is 1. The monoisotopic (exact) mass is 337 g/mol. The minimum absolute atomic E-state index is 0.00853. The highest BCUT2D eigenvalue weighted by Gasteiger charge is 2.28. The molecule has 0 saturated carbocycles. The number of amides is 1. The van der Waals surface area contributed by atoms with Crippen molar-refractivity contribution in [2.24, 2.45) is 0 Å². The van der Waals surface area contributed by atoms with Crippen molar-refractivity contribution in [2.75, 3.05) is 6.54 Å². The molecular formula is C17H20ClNO4. The van der Waals surface area contributed by atoms with Crippen molar-refractivity contribution in [1.82, 2.24) is 5.32 Å². The summed E-state index contributed by atoms with van der Waals surface area (Å²) in [6, 6.07) is 8.68. The van der Waals surface area contributed by atoms with E-state index in [1.807, 2.05) is 13.0 Å². The van der Waals surface area contributed by atoms with Gasteiger partial charge >= 0.3 is 0 Å². The molecular weight excluding hydrogens is 318 g/mol. The lowest BCUT2D eigenvalue weighted by Gasteiger charge is -2.23. The SMILES string of the molecule is Cc1ccc(Cl)c(OC(C)C(=O)NCC(C)(O)c2ccco2)c1. The van der Waals surface area contributed by atoms with Crippen molar-refractivity contribution in [3.05, 3.63) is 52.9 Å². The Balaban J connectivity index is 1.94. The molecule has 1 heterocycles. The second-order valence-corrected chi connectivity index (χ2v) is 6.07. The molecule has 23 heavy (non-hydrogen) atoms. The van der Waals surface area contributed by atoms with Crippen molar-refractivity contribution in [1.29, 1.82) is 0 Å². The minimum Gasteiger partial charge on any atom is -0.479 e. The van der Waals surface area contributed by atoms with Crippen LogP contribution < -0.4 is 10.1 Å². The van der Waals surface area contributed by atoms with Crippen LogP contribution in [0.4, 0.5) is 0 Å². The first-order valence-electron chi connectivity index (χ1n) is 7.26. The van der Waals surface area contributed by atoms with E-state index in [-0.39, 0.29) is 12.5 Å². The normalized spacial score (nSPS) is 14.8. The van der Waals surface area contributed by atoms with Crippen LogP contribution in [0.3, 0.4) is 0 Å². The molecule has 2 unspecified atom stereocenters. The van der Waals surface area contributed by atoms with E-state index in [0.717, 1.165) is 5.56 Å². The Kier molecular flexibility index (Phi) is 5.34. The van der Waals surface area contributed by atoms with Gasteiger partial charge in [0.2, 0.25) is 0 Å². The van der Waals surface area contributed by atoms with Gasteiger partial charge in [0.05, 0.1) is 17.8 Å². The molecule has 1 aromatic carbocycles. The number of hydrogen-bond acceptors (Lipinski definition) is 4. The number of carbonyl (C=O) groups excluding carboxylic acids is 1. The summed E-state index contributed by atoms with van der Waals surface area (Å²) in [6.45, 7) is 5.10. The Labute approximate surface area is 140 Å². The molecule has 1 aromatic heterocycles. The third-order valence-corrected chi connectivity index (χ3v) is 3.73. The Morgan fingerprint density at radius 2 is 2.22 bits per heavy atom. The Morgan fingerprint density at radius 1 is 1.48 bits per heavy atom. The Bertz CT molecular complexity index is 667. The molecule has 1 amide bonds. The molecule has 2 rings (SSSR count). The molecule has 0 bridgehead atoms. The zero-order valence-electron chi connectivity index (χ0n) is 13.3. The number of rotatable bonds is 6. The summed E-state index contributed by atoms with van der Waals surface area (Å²) < 4.78 is 10.8.